The summed E-state index contributed by atoms with van der Waals surface area (Å²) in [5.41, 5.74) is 0.928. The minimum atomic E-state index is -0.0741. The first-order valence-electron chi connectivity index (χ1n) is 7.27. The first-order chi connectivity index (χ1) is 10.6. The summed E-state index contributed by atoms with van der Waals surface area (Å²) in [7, 11) is 0. The standard InChI is InChI=1S/C16H18N2O3S/c1-10(2)8-17-15(19)14-9-18-16(22-14)11-3-4-12-13(7-11)21-6-5-20-12/h3-4,7,9-10H,5-6,8H2,1-2H3,(H,17,19). The van der Waals surface area contributed by atoms with Gasteiger partial charge in [-0.1, -0.05) is 13.8 Å². The molecule has 1 N–H and O–H groups in total. The number of fused-ring (bicyclic) bond motifs is 1. The molecule has 0 spiro atoms. The van der Waals surface area contributed by atoms with E-state index in [1.807, 2.05) is 18.2 Å². The van der Waals surface area contributed by atoms with Crippen molar-refractivity contribution in [3.05, 3.63) is 29.3 Å². The van der Waals surface area contributed by atoms with E-state index in [4.69, 9.17) is 9.47 Å². The van der Waals surface area contributed by atoms with Crippen molar-refractivity contribution < 1.29 is 14.3 Å². The first-order valence-corrected chi connectivity index (χ1v) is 8.09. The van der Waals surface area contributed by atoms with Gasteiger partial charge in [-0.15, -0.1) is 11.3 Å². The molecule has 0 atom stereocenters. The maximum atomic E-state index is 12.0. The number of carbonyl (C=O) groups excluding carboxylic acids is 1. The third-order valence-corrected chi connectivity index (χ3v) is 4.23. The Labute approximate surface area is 133 Å². The van der Waals surface area contributed by atoms with Gasteiger partial charge in [-0.3, -0.25) is 4.79 Å². The second-order valence-electron chi connectivity index (χ2n) is 5.49. The van der Waals surface area contributed by atoms with Crippen LogP contribution < -0.4 is 14.8 Å². The van der Waals surface area contributed by atoms with Crippen molar-refractivity contribution in [3.63, 3.8) is 0 Å². The monoisotopic (exact) mass is 318 g/mol. The average Bonchev–Trinajstić information content (AvgIpc) is 3.02. The molecule has 0 fully saturated rings. The second-order valence-corrected chi connectivity index (χ2v) is 6.52. The van der Waals surface area contributed by atoms with Gasteiger partial charge in [0, 0.05) is 12.1 Å². The SMILES string of the molecule is CC(C)CNC(=O)c1cnc(-c2ccc3c(c2)OCCO3)s1. The summed E-state index contributed by atoms with van der Waals surface area (Å²) in [4.78, 5) is 17.0. The van der Waals surface area contributed by atoms with Gasteiger partial charge in [0.15, 0.2) is 11.5 Å². The third kappa shape index (κ3) is 3.22. The van der Waals surface area contributed by atoms with Gasteiger partial charge in [-0.25, -0.2) is 4.98 Å². The Bertz CT molecular complexity index is 682. The van der Waals surface area contributed by atoms with Crippen LogP contribution in [0.3, 0.4) is 0 Å². The molecular weight excluding hydrogens is 300 g/mol. The Morgan fingerprint density at radius 1 is 1.32 bits per heavy atom. The molecule has 1 aliphatic rings. The molecule has 1 amide bonds. The lowest BCUT2D eigenvalue weighted by Gasteiger charge is -2.18. The topological polar surface area (TPSA) is 60.5 Å². The number of benzene rings is 1. The van der Waals surface area contributed by atoms with Crippen LogP contribution in [-0.4, -0.2) is 30.6 Å². The maximum absolute atomic E-state index is 12.0. The van der Waals surface area contributed by atoms with Gasteiger partial charge in [-0.05, 0) is 24.1 Å². The number of thiazole rings is 1. The number of nitrogens with zero attached hydrogens (tertiary/aromatic N) is 1. The minimum Gasteiger partial charge on any atom is -0.486 e. The van der Waals surface area contributed by atoms with E-state index in [0.29, 0.717) is 30.6 Å². The highest BCUT2D eigenvalue weighted by Gasteiger charge is 2.16. The maximum Gasteiger partial charge on any atom is 0.263 e. The average molecular weight is 318 g/mol. The van der Waals surface area contributed by atoms with Crippen LogP contribution in [0.25, 0.3) is 10.6 Å². The van der Waals surface area contributed by atoms with E-state index in [9.17, 15) is 4.79 Å². The summed E-state index contributed by atoms with van der Waals surface area (Å²) >= 11 is 1.38. The molecule has 3 rings (SSSR count). The highest BCUT2D eigenvalue weighted by Crippen LogP contribution is 2.35. The van der Waals surface area contributed by atoms with Crippen molar-refractivity contribution in [2.75, 3.05) is 19.8 Å². The molecule has 0 radical (unpaired) electrons. The van der Waals surface area contributed by atoms with Crippen LogP contribution in [-0.2, 0) is 0 Å². The van der Waals surface area contributed by atoms with E-state index < -0.39 is 0 Å². The van der Waals surface area contributed by atoms with Crippen LogP contribution in [0.2, 0.25) is 0 Å². The van der Waals surface area contributed by atoms with E-state index >= 15 is 0 Å². The molecule has 0 aliphatic carbocycles. The van der Waals surface area contributed by atoms with Gasteiger partial charge < -0.3 is 14.8 Å². The van der Waals surface area contributed by atoms with Gasteiger partial charge >= 0.3 is 0 Å². The van der Waals surface area contributed by atoms with E-state index in [0.717, 1.165) is 22.1 Å². The molecule has 0 saturated heterocycles. The zero-order valence-corrected chi connectivity index (χ0v) is 13.4. The van der Waals surface area contributed by atoms with E-state index in [1.165, 1.54) is 11.3 Å². The molecule has 2 heterocycles. The molecule has 0 saturated carbocycles. The lowest BCUT2D eigenvalue weighted by Crippen LogP contribution is -2.26. The third-order valence-electron chi connectivity index (χ3n) is 3.19. The number of ether oxygens (including phenoxy) is 2. The number of aromatic nitrogens is 1. The quantitative estimate of drug-likeness (QED) is 0.941. The number of carbonyl (C=O) groups is 1. The van der Waals surface area contributed by atoms with Gasteiger partial charge in [-0.2, -0.15) is 0 Å². The zero-order valence-electron chi connectivity index (χ0n) is 12.6. The molecule has 116 valence electrons. The minimum absolute atomic E-state index is 0.0741. The van der Waals surface area contributed by atoms with Crippen molar-refractivity contribution in [1.29, 1.82) is 0 Å². The summed E-state index contributed by atoms with van der Waals surface area (Å²) < 4.78 is 11.1. The fourth-order valence-electron chi connectivity index (χ4n) is 2.07. The summed E-state index contributed by atoms with van der Waals surface area (Å²) in [5, 5.41) is 3.70. The van der Waals surface area contributed by atoms with Crippen LogP contribution in [0.5, 0.6) is 11.5 Å². The molecule has 22 heavy (non-hydrogen) atoms. The molecule has 6 heteroatoms. The Kier molecular flexibility index (Phi) is 4.29. The summed E-state index contributed by atoms with van der Waals surface area (Å²) in [5.74, 6) is 1.83. The number of nitrogens with one attached hydrogen (secondary N) is 1. The Balaban J connectivity index is 1.77. The lowest BCUT2D eigenvalue weighted by molar-refractivity contribution is 0.0953. The first kappa shape index (κ1) is 14.8. The Morgan fingerprint density at radius 2 is 2.09 bits per heavy atom. The van der Waals surface area contributed by atoms with Crippen molar-refractivity contribution in [3.8, 4) is 22.1 Å². The van der Waals surface area contributed by atoms with Crippen LogP contribution in [0.15, 0.2) is 24.4 Å². The normalized spacial score (nSPS) is 13.2. The van der Waals surface area contributed by atoms with Gasteiger partial charge in [0.25, 0.3) is 5.91 Å². The van der Waals surface area contributed by atoms with Crippen molar-refractivity contribution >= 4 is 17.2 Å². The van der Waals surface area contributed by atoms with E-state index in [-0.39, 0.29) is 5.91 Å². The fourth-order valence-corrected chi connectivity index (χ4v) is 2.90. The molecule has 0 unspecified atom stereocenters. The smallest absolute Gasteiger partial charge is 0.263 e. The molecule has 5 nitrogen and oxygen atoms in total. The highest BCUT2D eigenvalue weighted by molar-refractivity contribution is 7.16. The zero-order chi connectivity index (χ0) is 15.5. The van der Waals surface area contributed by atoms with Crippen molar-refractivity contribution in [1.82, 2.24) is 10.3 Å². The fraction of sp³-hybridized carbons (Fsp3) is 0.375. The number of amides is 1. The Hall–Kier alpha value is -2.08. The van der Waals surface area contributed by atoms with Gasteiger partial charge in [0.1, 0.15) is 23.1 Å². The predicted octanol–water partition coefficient (Wildman–Crippen LogP) is 2.97. The summed E-state index contributed by atoms with van der Waals surface area (Å²) in [6.07, 6.45) is 1.62. The molecule has 1 aromatic heterocycles. The van der Waals surface area contributed by atoms with Crippen molar-refractivity contribution in [2.45, 2.75) is 13.8 Å². The highest BCUT2D eigenvalue weighted by atomic mass is 32.1. The summed E-state index contributed by atoms with van der Waals surface area (Å²) in [6.45, 7) is 5.91. The molecular formula is C16H18N2O3S. The molecule has 0 bridgehead atoms. The van der Waals surface area contributed by atoms with Crippen molar-refractivity contribution in [2.24, 2.45) is 5.92 Å². The Morgan fingerprint density at radius 3 is 2.86 bits per heavy atom. The summed E-state index contributed by atoms with van der Waals surface area (Å²) in [6, 6.07) is 5.72. The lowest BCUT2D eigenvalue weighted by atomic mass is 10.2. The van der Waals surface area contributed by atoms with Gasteiger partial charge in [0.2, 0.25) is 0 Å². The van der Waals surface area contributed by atoms with Gasteiger partial charge in [0.05, 0.1) is 6.20 Å². The number of rotatable bonds is 4. The molecule has 1 aromatic carbocycles. The van der Waals surface area contributed by atoms with Crippen LogP contribution >= 0.6 is 11.3 Å². The van der Waals surface area contributed by atoms with E-state index in [1.54, 1.807) is 6.20 Å². The number of hydrogen-bond acceptors (Lipinski definition) is 5. The molecule has 2 aromatic rings. The second kappa shape index (κ2) is 6.36. The molecule has 1 aliphatic heterocycles. The van der Waals surface area contributed by atoms with Crippen LogP contribution in [0, 0.1) is 5.92 Å². The van der Waals surface area contributed by atoms with E-state index in [2.05, 4.69) is 24.1 Å². The predicted molar refractivity (Wildman–Crippen MR) is 85.7 cm³/mol. The number of hydrogen-bond donors (Lipinski definition) is 1. The van der Waals surface area contributed by atoms with Crippen LogP contribution in [0.4, 0.5) is 0 Å². The van der Waals surface area contributed by atoms with Crippen LogP contribution in [0.1, 0.15) is 23.5 Å². The largest absolute Gasteiger partial charge is 0.486 e.